The van der Waals surface area contributed by atoms with Crippen LogP contribution in [0.3, 0.4) is 0 Å². The van der Waals surface area contributed by atoms with Crippen molar-refractivity contribution in [2.45, 2.75) is 65.1 Å². The van der Waals surface area contributed by atoms with Gasteiger partial charge >= 0.3 is 6.09 Å². The molecule has 7 nitrogen and oxygen atoms in total. The number of carbonyl (C=O) groups is 1. The smallest absolute Gasteiger partial charge is 0.408 e. The van der Waals surface area contributed by atoms with Crippen molar-refractivity contribution in [1.82, 2.24) is 20.9 Å². The Kier molecular flexibility index (Phi) is 11.0. The number of amides is 1. The summed E-state index contributed by atoms with van der Waals surface area (Å²) in [5.41, 5.74) is -0.984. The van der Waals surface area contributed by atoms with Crippen LogP contribution in [0.2, 0.25) is 0 Å². The molecule has 0 spiro atoms. The second-order valence-corrected chi connectivity index (χ2v) is 8.50. The van der Waals surface area contributed by atoms with Crippen molar-refractivity contribution in [2.75, 3.05) is 34.2 Å². The fourth-order valence-electron chi connectivity index (χ4n) is 1.61. The largest absolute Gasteiger partial charge is 0.444 e. The summed E-state index contributed by atoms with van der Waals surface area (Å²) in [4.78, 5) is 18.3. The number of nitrogens with one attached hydrogen (secondary N) is 3. The van der Waals surface area contributed by atoms with Gasteiger partial charge in [-0.3, -0.25) is 4.99 Å². The molecule has 25 heavy (non-hydrogen) atoms. The lowest BCUT2D eigenvalue weighted by Crippen LogP contribution is -2.56. The van der Waals surface area contributed by atoms with Crippen LogP contribution >= 0.6 is 24.0 Å². The third-order valence-electron chi connectivity index (χ3n) is 3.66. The molecule has 1 amide bonds. The van der Waals surface area contributed by atoms with E-state index in [1.165, 1.54) is 0 Å². The average Bonchev–Trinajstić information content (AvgIpc) is 2.35. The molecule has 0 aliphatic heterocycles. The van der Waals surface area contributed by atoms with Crippen molar-refractivity contribution in [3.8, 4) is 0 Å². The van der Waals surface area contributed by atoms with Crippen LogP contribution in [-0.2, 0) is 4.74 Å². The van der Waals surface area contributed by atoms with Gasteiger partial charge in [-0.15, -0.1) is 24.0 Å². The molecule has 3 N–H and O–H groups in total. The number of carbonyl (C=O) groups excluding carboxylic acids is 1. The lowest BCUT2D eigenvalue weighted by molar-refractivity contribution is 0.0474. The summed E-state index contributed by atoms with van der Waals surface area (Å²) in [6.45, 7) is 15.0. The van der Waals surface area contributed by atoms with Gasteiger partial charge in [0.05, 0.1) is 5.54 Å². The molecule has 0 rings (SSSR count). The first-order valence-corrected chi connectivity index (χ1v) is 8.32. The first-order valence-electron chi connectivity index (χ1n) is 8.32. The highest BCUT2D eigenvalue weighted by molar-refractivity contribution is 14.0. The number of aliphatic imine (C=N–C) groups is 1. The van der Waals surface area contributed by atoms with E-state index < -0.39 is 17.2 Å². The van der Waals surface area contributed by atoms with E-state index in [-0.39, 0.29) is 29.5 Å². The number of nitrogens with zero attached hydrogens (tertiary/aromatic N) is 2. The first-order chi connectivity index (χ1) is 10.7. The number of likely N-dealkylation sites (N-methyl/N-ethyl adjacent to an activating group) is 1. The van der Waals surface area contributed by atoms with E-state index in [4.69, 9.17) is 4.74 Å². The van der Waals surface area contributed by atoms with Crippen LogP contribution in [-0.4, -0.2) is 67.9 Å². The van der Waals surface area contributed by atoms with Gasteiger partial charge in [0.25, 0.3) is 0 Å². The summed E-state index contributed by atoms with van der Waals surface area (Å²) in [6, 6.07) is 0. The minimum Gasteiger partial charge on any atom is -0.444 e. The van der Waals surface area contributed by atoms with E-state index in [0.717, 1.165) is 6.54 Å². The van der Waals surface area contributed by atoms with Gasteiger partial charge in [0, 0.05) is 25.7 Å². The summed E-state index contributed by atoms with van der Waals surface area (Å²) in [6.07, 6.45) is -0.425. The fourth-order valence-corrected chi connectivity index (χ4v) is 1.61. The minimum absolute atomic E-state index is 0. The molecule has 0 heterocycles. The molecular weight excluding hydrogens is 433 g/mol. The zero-order valence-electron chi connectivity index (χ0n) is 17.5. The van der Waals surface area contributed by atoms with Gasteiger partial charge in [0.2, 0.25) is 0 Å². The Hall–Kier alpha value is -0.770. The lowest BCUT2D eigenvalue weighted by atomic mass is 10.0. The molecule has 0 aromatic heterocycles. The second-order valence-electron chi connectivity index (χ2n) is 8.50. The van der Waals surface area contributed by atoms with Crippen molar-refractivity contribution in [3.63, 3.8) is 0 Å². The SMILES string of the molecule is CN=C(NCC(C)(C)NC(=O)OC(C)(C)C)NCC(C)(C)N(C)C.I. The molecule has 0 aromatic carbocycles. The Morgan fingerprint density at radius 1 is 1.00 bits per heavy atom. The average molecular weight is 471 g/mol. The van der Waals surface area contributed by atoms with Gasteiger partial charge in [-0.1, -0.05) is 0 Å². The Bertz CT molecular complexity index is 443. The molecule has 8 heteroatoms. The third kappa shape index (κ3) is 12.3. The topological polar surface area (TPSA) is 78.0 Å². The quantitative estimate of drug-likeness (QED) is 0.315. The van der Waals surface area contributed by atoms with Crippen LogP contribution < -0.4 is 16.0 Å². The predicted octanol–water partition coefficient (Wildman–Crippen LogP) is 2.41. The second kappa shape index (κ2) is 10.4. The van der Waals surface area contributed by atoms with E-state index in [1.807, 2.05) is 48.7 Å². The summed E-state index contributed by atoms with van der Waals surface area (Å²) < 4.78 is 5.30. The summed E-state index contributed by atoms with van der Waals surface area (Å²) in [7, 11) is 5.82. The number of hydrogen-bond donors (Lipinski definition) is 3. The highest BCUT2D eigenvalue weighted by Crippen LogP contribution is 2.09. The highest BCUT2D eigenvalue weighted by Gasteiger charge is 2.25. The van der Waals surface area contributed by atoms with Crippen molar-refractivity contribution < 1.29 is 9.53 Å². The Balaban J connectivity index is 0. The molecule has 0 bridgehead atoms. The van der Waals surface area contributed by atoms with Crippen molar-refractivity contribution >= 4 is 36.0 Å². The molecular formula is C17H38IN5O2. The van der Waals surface area contributed by atoms with Gasteiger partial charge in [0.1, 0.15) is 5.60 Å². The van der Waals surface area contributed by atoms with Crippen LogP contribution in [0.5, 0.6) is 0 Å². The maximum atomic E-state index is 11.9. The molecule has 0 saturated heterocycles. The molecule has 0 fully saturated rings. The van der Waals surface area contributed by atoms with Crippen molar-refractivity contribution in [3.05, 3.63) is 0 Å². The molecule has 0 atom stereocenters. The van der Waals surface area contributed by atoms with Gasteiger partial charge in [-0.2, -0.15) is 0 Å². The number of ether oxygens (including phenoxy) is 1. The maximum Gasteiger partial charge on any atom is 0.408 e. The molecule has 0 radical (unpaired) electrons. The number of alkyl carbamates (subject to hydrolysis) is 1. The van der Waals surface area contributed by atoms with E-state index in [2.05, 4.69) is 39.7 Å². The van der Waals surface area contributed by atoms with E-state index in [9.17, 15) is 4.79 Å². The van der Waals surface area contributed by atoms with Crippen LogP contribution in [0, 0.1) is 0 Å². The zero-order valence-corrected chi connectivity index (χ0v) is 19.9. The number of halogens is 1. The third-order valence-corrected chi connectivity index (χ3v) is 3.66. The van der Waals surface area contributed by atoms with Gasteiger partial charge in [-0.25, -0.2) is 4.79 Å². The van der Waals surface area contributed by atoms with Gasteiger partial charge in [-0.05, 0) is 62.6 Å². The maximum absolute atomic E-state index is 11.9. The van der Waals surface area contributed by atoms with E-state index in [0.29, 0.717) is 12.5 Å². The molecule has 0 aliphatic rings. The first kappa shape index (κ1) is 26.5. The molecule has 0 aliphatic carbocycles. The summed E-state index contributed by atoms with van der Waals surface area (Å²) in [5.74, 6) is 0.698. The number of hydrogen-bond acceptors (Lipinski definition) is 4. The van der Waals surface area contributed by atoms with Crippen molar-refractivity contribution in [2.24, 2.45) is 4.99 Å². The summed E-state index contributed by atoms with van der Waals surface area (Å²) >= 11 is 0. The minimum atomic E-state index is -0.511. The number of guanidine groups is 1. The Morgan fingerprint density at radius 3 is 1.88 bits per heavy atom. The standard InChI is InChI=1S/C17H37N5O2.HI/c1-15(2,3)24-14(23)21-16(4,5)11-19-13(18-8)20-12-17(6,7)22(9)10;/h11-12H2,1-10H3,(H,21,23)(H2,18,19,20);1H. The van der Waals surface area contributed by atoms with Gasteiger partial charge in [0.15, 0.2) is 5.96 Å². The van der Waals surface area contributed by atoms with Crippen molar-refractivity contribution in [1.29, 1.82) is 0 Å². The number of rotatable bonds is 6. The van der Waals surface area contributed by atoms with Gasteiger partial charge < -0.3 is 25.6 Å². The highest BCUT2D eigenvalue weighted by atomic mass is 127. The molecule has 150 valence electrons. The van der Waals surface area contributed by atoms with E-state index in [1.54, 1.807) is 7.05 Å². The van der Waals surface area contributed by atoms with Crippen LogP contribution in [0.1, 0.15) is 48.5 Å². The fraction of sp³-hybridized carbons (Fsp3) is 0.882. The van der Waals surface area contributed by atoms with Crippen LogP contribution in [0.15, 0.2) is 4.99 Å². The molecule has 0 unspecified atom stereocenters. The van der Waals surface area contributed by atoms with Crippen LogP contribution in [0.4, 0.5) is 4.79 Å². The summed E-state index contributed by atoms with van der Waals surface area (Å²) in [5, 5.41) is 9.42. The molecule has 0 saturated carbocycles. The lowest BCUT2D eigenvalue weighted by Gasteiger charge is -2.34. The van der Waals surface area contributed by atoms with Crippen LogP contribution in [0.25, 0.3) is 0 Å². The molecule has 0 aromatic rings. The zero-order chi connectivity index (χ0) is 19.2. The predicted molar refractivity (Wildman–Crippen MR) is 116 cm³/mol. The Morgan fingerprint density at radius 2 is 1.48 bits per heavy atom. The van der Waals surface area contributed by atoms with E-state index >= 15 is 0 Å². The normalized spacial score (nSPS) is 13.2. The Labute approximate surface area is 170 Å². The monoisotopic (exact) mass is 471 g/mol.